The normalized spacial score (nSPS) is 11.3. The van der Waals surface area contributed by atoms with Gasteiger partial charge in [0.15, 0.2) is 0 Å². The maximum absolute atomic E-state index is 13.3. The Morgan fingerprint density at radius 3 is 1.07 bits per heavy atom. The summed E-state index contributed by atoms with van der Waals surface area (Å²) < 4.78 is 53.3. The lowest BCUT2D eigenvalue weighted by atomic mass is 9.95. The number of hydrogen-bond acceptors (Lipinski definition) is 14. The van der Waals surface area contributed by atoms with E-state index >= 15 is 0 Å². The van der Waals surface area contributed by atoms with Gasteiger partial charge < -0.3 is 47.4 Å². The third kappa shape index (κ3) is 25.8. The van der Waals surface area contributed by atoms with Gasteiger partial charge in [-0.25, -0.2) is 4.79 Å². The summed E-state index contributed by atoms with van der Waals surface area (Å²) in [5, 5.41) is 0. The number of esters is 4. The van der Waals surface area contributed by atoms with E-state index in [2.05, 4.69) is 20.8 Å². The lowest BCUT2D eigenvalue weighted by molar-refractivity contribution is -0.191. The first-order valence-corrected chi connectivity index (χ1v) is 16.5. The van der Waals surface area contributed by atoms with Crippen LogP contribution in [0.25, 0.3) is 0 Å². The molecule has 0 aliphatic heterocycles. The van der Waals surface area contributed by atoms with Crippen molar-refractivity contribution in [1.82, 2.24) is 0 Å². The SMILES string of the molecule is CCCCOCCOCCOC(=O)CC(CC(=O)OCCOCCOCCCC)(OC(C)=O)C(=O)OCCOCCOCCCC. The highest BCUT2D eigenvalue weighted by Gasteiger charge is 2.48. The van der Waals surface area contributed by atoms with Gasteiger partial charge in [0.1, 0.15) is 19.8 Å². The molecule has 0 aromatic carbocycles. The molecule has 0 amide bonds. The second kappa shape index (κ2) is 31.3. The highest BCUT2D eigenvalue weighted by atomic mass is 16.6. The summed E-state index contributed by atoms with van der Waals surface area (Å²) in [6.07, 6.45) is 4.39. The van der Waals surface area contributed by atoms with Gasteiger partial charge in [-0.2, -0.15) is 0 Å². The second-order valence-electron chi connectivity index (χ2n) is 10.3. The van der Waals surface area contributed by atoms with Crippen LogP contribution in [-0.2, 0) is 66.5 Å². The van der Waals surface area contributed by atoms with Crippen molar-refractivity contribution < 1.29 is 66.5 Å². The van der Waals surface area contributed by atoms with E-state index in [-0.39, 0.29) is 46.2 Å². The molecule has 14 heteroatoms. The summed E-state index contributed by atoms with van der Waals surface area (Å²) in [4.78, 5) is 50.8. The minimum Gasteiger partial charge on any atom is -0.463 e. The van der Waals surface area contributed by atoms with Gasteiger partial charge in [0, 0.05) is 26.7 Å². The fourth-order valence-electron chi connectivity index (χ4n) is 3.62. The number of carbonyl (C=O) groups excluding carboxylic acids is 4. The fraction of sp³-hybridized carbons (Fsp3) is 0.875. The van der Waals surface area contributed by atoms with Crippen LogP contribution in [0.2, 0.25) is 0 Å². The molecule has 0 saturated heterocycles. The molecule has 0 unspecified atom stereocenters. The number of unbranched alkanes of at least 4 members (excludes halogenated alkanes) is 3. The first kappa shape index (κ1) is 43.6. The fourth-order valence-corrected chi connectivity index (χ4v) is 3.62. The van der Waals surface area contributed by atoms with E-state index in [0.29, 0.717) is 52.9 Å². The molecule has 0 aliphatic carbocycles. The van der Waals surface area contributed by atoms with Crippen molar-refractivity contribution >= 4 is 23.9 Å². The van der Waals surface area contributed by atoms with Crippen molar-refractivity contribution in [3.05, 3.63) is 0 Å². The van der Waals surface area contributed by atoms with E-state index in [1.54, 1.807) is 0 Å². The molecule has 0 rings (SSSR count). The van der Waals surface area contributed by atoms with Gasteiger partial charge in [-0.05, 0) is 19.3 Å². The molecule has 14 nitrogen and oxygen atoms in total. The molecule has 0 aromatic heterocycles. The third-order valence-electron chi connectivity index (χ3n) is 6.06. The predicted molar refractivity (Wildman–Crippen MR) is 166 cm³/mol. The molecule has 0 saturated carbocycles. The van der Waals surface area contributed by atoms with Crippen LogP contribution in [0.15, 0.2) is 0 Å². The van der Waals surface area contributed by atoms with Crippen molar-refractivity contribution in [2.75, 3.05) is 99.1 Å². The zero-order chi connectivity index (χ0) is 34.1. The van der Waals surface area contributed by atoms with Gasteiger partial charge in [-0.1, -0.05) is 40.0 Å². The van der Waals surface area contributed by atoms with Crippen molar-refractivity contribution in [3.63, 3.8) is 0 Å². The topological polar surface area (TPSA) is 161 Å². The van der Waals surface area contributed by atoms with Gasteiger partial charge in [0.25, 0.3) is 0 Å². The molecule has 0 atom stereocenters. The van der Waals surface area contributed by atoms with Crippen molar-refractivity contribution in [3.8, 4) is 0 Å². The minimum atomic E-state index is -2.31. The molecule has 0 radical (unpaired) electrons. The third-order valence-corrected chi connectivity index (χ3v) is 6.06. The molecule has 0 bridgehead atoms. The van der Waals surface area contributed by atoms with Crippen LogP contribution in [0, 0.1) is 0 Å². The van der Waals surface area contributed by atoms with Crippen molar-refractivity contribution in [1.29, 1.82) is 0 Å². The van der Waals surface area contributed by atoms with Gasteiger partial charge in [-0.3, -0.25) is 14.4 Å². The smallest absolute Gasteiger partial charge is 0.351 e. The average molecular weight is 667 g/mol. The van der Waals surface area contributed by atoms with Crippen LogP contribution in [0.3, 0.4) is 0 Å². The number of carbonyl (C=O) groups is 4. The standard InChI is InChI=1S/C32H58O14/c1-5-8-11-37-14-17-40-20-23-43-29(34)26-32(46-28(4)33,31(36)45-25-22-42-19-16-39-13-10-7-3)27-30(35)44-24-21-41-18-15-38-12-9-6-2/h5-27H2,1-4H3. The lowest BCUT2D eigenvalue weighted by Crippen LogP contribution is -2.48. The Bertz CT molecular complexity index is 740. The monoisotopic (exact) mass is 666 g/mol. The van der Waals surface area contributed by atoms with E-state index in [0.717, 1.165) is 45.4 Å². The highest BCUT2D eigenvalue weighted by molar-refractivity contribution is 5.92. The van der Waals surface area contributed by atoms with E-state index in [1.165, 1.54) is 0 Å². The summed E-state index contributed by atoms with van der Waals surface area (Å²) in [5.74, 6) is -3.82. The van der Waals surface area contributed by atoms with E-state index in [1.807, 2.05) is 0 Å². The molecule has 0 spiro atoms. The molecular weight excluding hydrogens is 608 g/mol. The van der Waals surface area contributed by atoms with E-state index < -0.39 is 42.3 Å². The Balaban J connectivity index is 5.04. The number of hydrogen-bond donors (Lipinski definition) is 0. The maximum Gasteiger partial charge on any atom is 0.351 e. The molecule has 0 fully saturated rings. The van der Waals surface area contributed by atoms with Gasteiger partial charge >= 0.3 is 23.9 Å². The summed E-state index contributed by atoms with van der Waals surface area (Å²) in [5.41, 5.74) is -2.31. The average Bonchev–Trinajstić information content (AvgIpc) is 3.01. The lowest BCUT2D eigenvalue weighted by Gasteiger charge is -2.29. The molecule has 270 valence electrons. The molecular formula is C32H58O14. The van der Waals surface area contributed by atoms with Gasteiger partial charge in [-0.15, -0.1) is 0 Å². The summed E-state index contributed by atoms with van der Waals surface area (Å²) in [6, 6.07) is 0. The van der Waals surface area contributed by atoms with Crippen LogP contribution >= 0.6 is 0 Å². The number of rotatable bonds is 33. The Hall–Kier alpha value is -2.36. The van der Waals surface area contributed by atoms with Crippen LogP contribution < -0.4 is 0 Å². The molecule has 46 heavy (non-hydrogen) atoms. The Kier molecular flexibility index (Phi) is 29.6. The summed E-state index contributed by atoms with van der Waals surface area (Å²) >= 11 is 0. The van der Waals surface area contributed by atoms with Crippen LogP contribution in [0.4, 0.5) is 0 Å². The Labute approximate surface area is 274 Å². The van der Waals surface area contributed by atoms with Crippen LogP contribution in [0.5, 0.6) is 0 Å². The van der Waals surface area contributed by atoms with Crippen LogP contribution in [-0.4, -0.2) is 129 Å². The highest BCUT2D eigenvalue weighted by Crippen LogP contribution is 2.25. The van der Waals surface area contributed by atoms with Crippen molar-refractivity contribution in [2.45, 2.75) is 84.7 Å². The molecule has 0 aromatic rings. The first-order valence-electron chi connectivity index (χ1n) is 16.5. The number of ether oxygens (including phenoxy) is 10. The van der Waals surface area contributed by atoms with E-state index in [9.17, 15) is 19.2 Å². The van der Waals surface area contributed by atoms with Gasteiger partial charge in [0.2, 0.25) is 5.60 Å². The van der Waals surface area contributed by atoms with E-state index in [4.69, 9.17) is 47.4 Å². The Morgan fingerprint density at radius 2 is 0.739 bits per heavy atom. The first-order chi connectivity index (χ1) is 22.3. The summed E-state index contributed by atoms with van der Waals surface area (Å²) in [7, 11) is 0. The maximum atomic E-state index is 13.3. The second-order valence-corrected chi connectivity index (χ2v) is 10.3. The predicted octanol–water partition coefficient (Wildman–Crippen LogP) is 3.20. The molecule has 0 aliphatic rings. The largest absolute Gasteiger partial charge is 0.463 e. The van der Waals surface area contributed by atoms with Gasteiger partial charge in [0.05, 0.1) is 72.3 Å². The van der Waals surface area contributed by atoms with Crippen molar-refractivity contribution in [2.24, 2.45) is 0 Å². The minimum absolute atomic E-state index is 0.0208. The zero-order valence-corrected chi connectivity index (χ0v) is 28.5. The zero-order valence-electron chi connectivity index (χ0n) is 28.5. The quantitative estimate of drug-likeness (QED) is 0.0570. The molecule has 0 heterocycles. The Morgan fingerprint density at radius 1 is 0.435 bits per heavy atom. The van der Waals surface area contributed by atoms with Crippen LogP contribution in [0.1, 0.15) is 79.1 Å². The molecule has 0 N–H and O–H groups in total. The summed E-state index contributed by atoms with van der Waals surface area (Å²) in [6.45, 7) is 11.0.